The van der Waals surface area contributed by atoms with Gasteiger partial charge >= 0.3 is 5.97 Å². The molecule has 1 aliphatic carbocycles. The van der Waals surface area contributed by atoms with Gasteiger partial charge in [0.1, 0.15) is 0 Å². The Balaban J connectivity index is 2.03. The van der Waals surface area contributed by atoms with Crippen molar-refractivity contribution in [3.63, 3.8) is 0 Å². The molecule has 1 heterocycles. The Bertz CT molecular complexity index is 272. The third kappa shape index (κ3) is 1.78. The van der Waals surface area contributed by atoms with Crippen molar-refractivity contribution < 1.29 is 14.6 Å². The summed E-state index contributed by atoms with van der Waals surface area (Å²) in [5.41, 5.74) is -0.0758. The second kappa shape index (κ2) is 3.48. The Morgan fingerprint density at radius 3 is 2.60 bits per heavy atom. The van der Waals surface area contributed by atoms with Gasteiger partial charge in [-0.05, 0) is 24.2 Å². The summed E-state index contributed by atoms with van der Waals surface area (Å²) in [6.07, 6.45) is 2.31. The highest BCUT2D eigenvalue weighted by atomic mass is 16.5. The first kappa shape index (κ1) is 10.9. The van der Waals surface area contributed by atoms with Crippen molar-refractivity contribution in [2.24, 2.45) is 23.2 Å². The van der Waals surface area contributed by atoms with Crippen LogP contribution in [0.3, 0.4) is 0 Å². The number of carboxylic acid groups (broad SMARTS) is 1. The average molecular weight is 212 g/mol. The lowest BCUT2D eigenvalue weighted by Gasteiger charge is -2.28. The Kier molecular flexibility index (Phi) is 2.53. The first-order chi connectivity index (χ1) is 6.94. The maximum Gasteiger partial charge on any atom is 0.307 e. The van der Waals surface area contributed by atoms with Crippen molar-refractivity contribution in [2.45, 2.75) is 39.7 Å². The van der Waals surface area contributed by atoms with Crippen LogP contribution in [0.25, 0.3) is 0 Å². The largest absolute Gasteiger partial charge is 0.481 e. The van der Waals surface area contributed by atoms with E-state index in [0.717, 1.165) is 19.4 Å². The molecule has 0 aromatic carbocycles. The van der Waals surface area contributed by atoms with E-state index in [1.54, 1.807) is 0 Å². The van der Waals surface area contributed by atoms with Crippen LogP contribution in [0.4, 0.5) is 0 Å². The number of carboxylic acids is 1. The summed E-state index contributed by atoms with van der Waals surface area (Å²) in [5.74, 6) is 0.0342. The molecule has 2 aliphatic rings. The second-order valence-electron chi connectivity index (χ2n) is 5.70. The van der Waals surface area contributed by atoms with Gasteiger partial charge in [-0.15, -0.1) is 0 Å². The van der Waals surface area contributed by atoms with E-state index in [0.29, 0.717) is 5.92 Å². The minimum atomic E-state index is -0.660. The van der Waals surface area contributed by atoms with Crippen LogP contribution in [0, 0.1) is 23.2 Å². The molecule has 0 spiro atoms. The number of aliphatic carboxylic acids is 1. The van der Waals surface area contributed by atoms with Crippen LogP contribution in [-0.4, -0.2) is 23.8 Å². The fourth-order valence-corrected chi connectivity index (χ4v) is 3.10. The van der Waals surface area contributed by atoms with Gasteiger partial charge in [-0.1, -0.05) is 20.8 Å². The number of carbonyl (C=O) groups is 1. The highest BCUT2D eigenvalue weighted by molar-refractivity contribution is 5.75. The molecule has 0 aromatic heterocycles. The van der Waals surface area contributed by atoms with Crippen molar-refractivity contribution in [1.82, 2.24) is 0 Å². The summed E-state index contributed by atoms with van der Waals surface area (Å²) in [4.78, 5) is 11.1. The second-order valence-corrected chi connectivity index (χ2v) is 5.70. The average Bonchev–Trinajstić information content (AvgIpc) is 2.69. The Morgan fingerprint density at radius 2 is 2.13 bits per heavy atom. The maximum atomic E-state index is 11.1. The van der Waals surface area contributed by atoms with E-state index < -0.39 is 5.97 Å². The first-order valence-corrected chi connectivity index (χ1v) is 5.79. The Labute approximate surface area is 90.8 Å². The van der Waals surface area contributed by atoms with Gasteiger partial charge in [0.25, 0.3) is 0 Å². The molecule has 4 atom stereocenters. The molecule has 3 heteroatoms. The van der Waals surface area contributed by atoms with Crippen LogP contribution in [0.1, 0.15) is 33.6 Å². The summed E-state index contributed by atoms with van der Waals surface area (Å²) in [5, 5.41) is 9.10. The van der Waals surface area contributed by atoms with Gasteiger partial charge in [-0.2, -0.15) is 0 Å². The van der Waals surface area contributed by atoms with Crippen molar-refractivity contribution in [3.05, 3.63) is 0 Å². The molecular weight excluding hydrogens is 192 g/mol. The molecule has 1 saturated heterocycles. The molecule has 15 heavy (non-hydrogen) atoms. The van der Waals surface area contributed by atoms with E-state index in [1.165, 1.54) is 0 Å². The SMILES string of the molecule is C[C@H]1CCOC(C2C(C(=O)O)C2(C)C)C1. The Morgan fingerprint density at radius 1 is 1.47 bits per heavy atom. The molecule has 0 bridgehead atoms. The monoisotopic (exact) mass is 212 g/mol. The van der Waals surface area contributed by atoms with Crippen LogP contribution in [-0.2, 0) is 9.53 Å². The van der Waals surface area contributed by atoms with E-state index in [1.807, 2.05) is 13.8 Å². The van der Waals surface area contributed by atoms with Gasteiger partial charge in [-0.25, -0.2) is 0 Å². The molecule has 3 unspecified atom stereocenters. The highest BCUT2D eigenvalue weighted by Crippen LogP contribution is 2.61. The number of rotatable bonds is 2. The van der Waals surface area contributed by atoms with Crippen LogP contribution >= 0.6 is 0 Å². The third-order valence-corrected chi connectivity index (χ3v) is 4.15. The maximum absolute atomic E-state index is 11.1. The van der Waals surface area contributed by atoms with E-state index in [-0.39, 0.29) is 23.4 Å². The molecule has 0 radical (unpaired) electrons. The van der Waals surface area contributed by atoms with E-state index >= 15 is 0 Å². The lowest BCUT2D eigenvalue weighted by Crippen LogP contribution is -2.28. The predicted octanol–water partition coefficient (Wildman–Crippen LogP) is 2.16. The van der Waals surface area contributed by atoms with Crippen molar-refractivity contribution in [1.29, 1.82) is 0 Å². The summed E-state index contributed by atoms with van der Waals surface area (Å²) >= 11 is 0. The number of hydrogen-bond acceptors (Lipinski definition) is 2. The molecule has 1 aliphatic heterocycles. The fraction of sp³-hybridized carbons (Fsp3) is 0.917. The van der Waals surface area contributed by atoms with Gasteiger partial charge in [0, 0.05) is 12.5 Å². The molecule has 1 N–H and O–H groups in total. The van der Waals surface area contributed by atoms with Crippen molar-refractivity contribution in [3.8, 4) is 0 Å². The van der Waals surface area contributed by atoms with E-state index in [4.69, 9.17) is 9.84 Å². The van der Waals surface area contributed by atoms with Gasteiger partial charge in [0.15, 0.2) is 0 Å². The van der Waals surface area contributed by atoms with Crippen LogP contribution < -0.4 is 0 Å². The van der Waals surface area contributed by atoms with E-state index in [2.05, 4.69) is 6.92 Å². The number of ether oxygens (including phenoxy) is 1. The lowest BCUT2D eigenvalue weighted by molar-refractivity contribution is -0.140. The predicted molar refractivity (Wildman–Crippen MR) is 56.5 cm³/mol. The third-order valence-electron chi connectivity index (χ3n) is 4.15. The zero-order valence-electron chi connectivity index (χ0n) is 9.69. The van der Waals surface area contributed by atoms with Crippen molar-refractivity contribution >= 4 is 5.97 Å². The lowest BCUT2D eigenvalue weighted by atomic mass is 9.92. The molecule has 0 amide bonds. The minimum Gasteiger partial charge on any atom is -0.481 e. The van der Waals surface area contributed by atoms with Crippen molar-refractivity contribution in [2.75, 3.05) is 6.61 Å². The zero-order chi connectivity index (χ0) is 11.2. The molecule has 3 nitrogen and oxygen atoms in total. The summed E-state index contributed by atoms with van der Waals surface area (Å²) in [6.45, 7) is 7.10. The van der Waals surface area contributed by atoms with Gasteiger partial charge < -0.3 is 9.84 Å². The number of hydrogen-bond donors (Lipinski definition) is 1. The van der Waals surface area contributed by atoms with Gasteiger partial charge in [-0.3, -0.25) is 4.79 Å². The quantitative estimate of drug-likeness (QED) is 0.763. The van der Waals surface area contributed by atoms with Crippen LogP contribution in [0.2, 0.25) is 0 Å². The normalized spacial score (nSPS) is 43.7. The molecular formula is C12H20O3. The van der Waals surface area contributed by atoms with Crippen LogP contribution in [0.5, 0.6) is 0 Å². The molecule has 1 saturated carbocycles. The Hall–Kier alpha value is -0.570. The summed E-state index contributed by atoms with van der Waals surface area (Å²) < 4.78 is 5.72. The minimum absolute atomic E-state index is 0.0758. The molecule has 86 valence electrons. The van der Waals surface area contributed by atoms with E-state index in [9.17, 15) is 4.79 Å². The molecule has 2 rings (SSSR count). The summed E-state index contributed by atoms with van der Waals surface area (Å²) in [7, 11) is 0. The molecule has 0 aromatic rings. The van der Waals surface area contributed by atoms with Crippen LogP contribution in [0.15, 0.2) is 0 Å². The first-order valence-electron chi connectivity index (χ1n) is 5.79. The highest BCUT2D eigenvalue weighted by Gasteiger charge is 2.65. The smallest absolute Gasteiger partial charge is 0.307 e. The van der Waals surface area contributed by atoms with Gasteiger partial charge in [0.05, 0.1) is 12.0 Å². The molecule has 2 fully saturated rings. The summed E-state index contributed by atoms with van der Waals surface area (Å²) in [6, 6.07) is 0. The fourth-order valence-electron chi connectivity index (χ4n) is 3.10. The topological polar surface area (TPSA) is 46.5 Å². The van der Waals surface area contributed by atoms with Gasteiger partial charge in [0.2, 0.25) is 0 Å². The zero-order valence-corrected chi connectivity index (χ0v) is 9.69. The standard InChI is InChI=1S/C12H20O3/c1-7-4-5-15-8(6-7)9-10(11(13)14)12(9,2)3/h7-10H,4-6H2,1-3H3,(H,13,14)/t7-,8?,9?,10?/m0/s1.